The number of hydrogen-bond acceptors (Lipinski definition) is 8. The van der Waals surface area contributed by atoms with Crippen LogP contribution in [0.3, 0.4) is 0 Å². The number of benzene rings is 2. The molecule has 0 bridgehead atoms. The van der Waals surface area contributed by atoms with Gasteiger partial charge < -0.3 is 29.7 Å². The molecule has 0 radical (unpaired) electrons. The summed E-state index contributed by atoms with van der Waals surface area (Å²) < 4.78 is 25.2. The first kappa shape index (κ1) is 39.3. The number of hydrogen-bond donors (Lipinski definition) is 4. The van der Waals surface area contributed by atoms with Crippen LogP contribution in [-0.2, 0) is 33.2 Å². The molecule has 266 valence electrons. The van der Waals surface area contributed by atoms with Gasteiger partial charge in [0.25, 0.3) is 0 Å². The van der Waals surface area contributed by atoms with Crippen LogP contribution in [0.4, 0.5) is 0 Å². The summed E-state index contributed by atoms with van der Waals surface area (Å²) in [6.07, 6.45) is 0.491. The summed E-state index contributed by atoms with van der Waals surface area (Å²) in [5.41, 5.74) is -2.02. The predicted molar refractivity (Wildman–Crippen MR) is 185 cm³/mol. The molecule has 4 unspecified atom stereocenters. The predicted octanol–water partition coefficient (Wildman–Crippen LogP) is 5.14. The average Bonchev–Trinajstić information content (AvgIpc) is 3.51. The molecule has 0 saturated carbocycles. The van der Waals surface area contributed by atoms with Crippen molar-refractivity contribution in [3.8, 4) is 11.1 Å². The summed E-state index contributed by atoms with van der Waals surface area (Å²) in [6.45, 7) is 9.10. The summed E-state index contributed by atoms with van der Waals surface area (Å²) >= 11 is 0. The summed E-state index contributed by atoms with van der Waals surface area (Å²) in [5.74, 6) is -6.42. The fourth-order valence-corrected chi connectivity index (χ4v) is 7.84. The first-order valence-electron chi connectivity index (χ1n) is 16.3. The Morgan fingerprint density at radius 2 is 1.37 bits per heavy atom. The van der Waals surface area contributed by atoms with Gasteiger partial charge in [-0.3, -0.25) is 28.7 Å². The first-order valence-corrected chi connectivity index (χ1v) is 18.1. The second-order valence-corrected chi connectivity index (χ2v) is 14.5. The van der Waals surface area contributed by atoms with Crippen molar-refractivity contribution in [2.45, 2.75) is 78.0 Å². The number of carbonyl (C=O) groups excluding carboxylic acids is 3. The topological polar surface area (TPSA) is 189 Å². The highest BCUT2D eigenvalue weighted by Crippen LogP contribution is 2.59. The number of allylic oxidation sites excluding steroid dienone is 1. The SMILES string of the molecule is CCC(=O)OC(C(C)C)C(C(=O)NCC(=O)O)(C(OC(=O)CC)C(C)C)C(c1ccc(-c2ccccc2)cc1)C1(CP(=O)(O)O)C=CC=N1. The van der Waals surface area contributed by atoms with Crippen molar-refractivity contribution in [2.24, 2.45) is 22.2 Å². The minimum Gasteiger partial charge on any atom is -0.480 e. The molecule has 1 aliphatic rings. The van der Waals surface area contributed by atoms with Crippen molar-refractivity contribution in [1.82, 2.24) is 5.32 Å². The molecule has 49 heavy (non-hydrogen) atoms. The molecule has 4 N–H and O–H groups in total. The molecule has 0 aliphatic carbocycles. The van der Waals surface area contributed by atoms with Crippen molar-refractivity contribution in [3.05, 3.63) is 72.3 Å². The smallest absolute Gasteiger partial charge is 0.328 e. The van der Waals surface area contributed by atoms with Gasteiger partial charge in [0.15, 0.2) is 0 Å². The second kappa shape index (κ2) is 16.5. The molecule has 2 aromatic carbocycles. The zero-order valence-corrected chi connectivity index (χ0v) is 29.6. The molecule has 12 nitrogen and oxygen atoms in total. The van der Waals surface area contributed by atoms with Crippen LogP contribution in [-0.4, -0.2) is 75.4 Å². The molecule has 2 aromatic rings. The lowest BCUT2D eigenvalue weighted by Crippen LogP contribution is -2.67. The van der Waals surface area contributed by atoms with E-state index in [1.165, 1.54) is 18.4 Å². The highest BCUT2D eigenvalue weighted by atomic mass is 31.2. The van der Waals surface area contributed by atoms with Gasteiger partial charge in [0, 0.05) is 25.0 Å². The van der Waals surface area contributed by atoms with E-state index in [1.807, 2.05) is 30.3 Å². The van der Waals surface area contributed by atoms with Gasteiger partial charge in [0.1, 0.15) is 24.2 Å². The Balaban J connectivity index is 2.62. The lowest BCUT2D eigenvalue weighted by atomic mass is 9.54. The summed E-state index contributed by atoms with van der Waals surface area (Å²) in [7, 11) is -4.92. The monoisotopic (exact) mass is 698 g/mol. The van der Waals surface area contributed by atoms with Crippen molar-refractivity contribution in [3.63, 3.8) is 0 Å². The highest BCUT2D eigenvalue weighted by Gasteiger charge is 2.67. The first-order chi connectivity index (χ1) is 23.0. The van der Waals surface area contributed by atoms with Crippen LogP contribution < -0.4 is 5.32 Å². The molecular weight excluding hydrogens is 651 g/mol. The van der Waals surface area contributed by atoms with E-state index in [-0.39, 0.29) is 12.8 Å². The molecule has 3 rings (SSSR count). The van der Waals surface area contributed by atoms with Crippen molar-refractivity contribution in [1.29, 1.82) is 0 Å². The van der Waals surface area contributed by atoms with E-state index in [2.05, 4.69) is 10.3 Å². The Bertz CT molecular complexity index is 1540. The zero-order valence-electron chi connectivity index (χ0n) is 28.7. The average molecular weight is 699 g/mol. The number of carbonyl (C=O) groups is 4. The van der Waals surface area contributed by atoms with E-state index >= 15 is 4.79 Å². The van der Waals surface area contributed by atoms with Gasteiger partial charge in [-0.1, -0.05) is 102 Å². The fraction of sp³-hybridized carbons (Fsp3) is 0.472. The Morgan fingerprint density at radius 3 is 1.78 bits per heavy atom. The Morgan fingerprint density at radius 1 is 0.857 bits per heavy atom. The highest BCUT2D eigenvalue weighted by molar-refractivity contribution is 7.51. The molecule has 0 fully saturated rings. The summed E-state index contributed by atoms with van der Waals surface area (Å²) in [5, 5.41) is 12.2. The third-order valence-corrected chi connectivity index (χ3v) is 9.53. The Labute approximate surface area is 287 Å². The van der Waals surface area contributed by atoms with Crippen molar-refractivity contribution < 1.29 is 48.1 Å². The maximum Gasteiger partial charge on any atom is 0.328 e. The molecule has 1 heterocycles. The van der Waals surface area contributed by atoms with Gasteiger partial charge in [-0.15, -0.1) is 0 Å². The number of rotatable bonds is 17. The normalized spacial score (nSPS) is 18.8. The molecule has 4 atom stereocenters. The Kier molecular flexibility index (Phi) is 13.3. The number of esters is 2. The van der Waals surface area contributed by atoms with E-state index in [0.717, 1.165) is 11.1 Å². The van der Waals surface area contributed by atoms with E-state index in [0.29, 0.717) is 5.56 Å². The lowest BCUT2D eigenvalue weighted by Gasteiger charge is -2.54. The van der Waals surface area contributed by atoms with Gasteiger partial charge in [-0.2, -0.15) is 0 Å². The van der Waals surface area contributed by atoms with Gasteiger partial charge in [0.05, 0.1) is 11.7 Å². The van der Waals surface area contributed by atoms with E-state index in [9.17, 15) is 33.8 Å². The number of amides is 1. The minimum atomic E-state index is -4.92. The second-order valence-electron chi connectivity index (χ2n) is 12.9. The van der Waals surface area contributed by atoms with Crippen molar-refractivity contribution >= 4 is 37.6 Å². The molecule has 1 aliphatic heterocycles. The molecule has 0 saturated heterocycles. The molecular formula is C36H47N2O10P. The maximum absolute atomic E-state index is 15.1. The number of carboxylic acids is 1. The van der Waals surface area contributed by atoms with Crippen LogP contribution in [0.2, 0.25) is 0 Å². The lowest BCUT2D eigenvalue weighted by molar-refractivity contribution is -0.196. The fourth-order valence-electron chi connectivity index (χ4n) is 6.81. The quantitative estimate of drug-likeness (QED) is 0.127. The van der Waals surface area contributed by atoms with Gasteiger partial charge in [0.2, 0.25) is 5.91 Å². The largest absolute Gasteiger partial charge is 0.480 e. The zero-order chi connectivity index (χ0) is 36.6. The number of nitrogens with one attached hydrogen (secondary N) is 1. The van der Waals surface area contributed by atoms with Crippen molar-refractivity contribution in [2.75, 3.05) is 12.7 Å². The summed E-state index contributed by atoms with van der Waals surface area (Å²) in [6, 6.07) is 16.4. The van der Waals surface area contributed by atoms with E-state index < -0.39 is 85.0 Å². The number of aliphatic carboxylic acids is 1. The van der Waals surface area contributed by atoms with Gasteiger partial charge >= 0.3 is 25.5 Å². The standard InChI is InChI=1S/C36H47N2O10P/c1-7-29(41)47-32(23(3)4)36(34(43)37-21-28(39)40,33(24(5)6)48-30(42)8-2)31(35(19-12-20-38-35)22-49(44,45)46)27-17-15-26(16-18-27)25-13-10-9-11-14-25/h9-20,23-24,31-33H,7-8,21-22H2,1-6H3,(H,37,43)(H,39,40)(H2,44,45,46). The van der Waals surface area contributed by atoms with Gasteiger partial charge in [-0.25, -0.2) is 0 Å². The van der Waals surface area contributed by atoms with E-state index in [1.54, 1.807) is 65.8 Å². The number of nitrogens with zero attached hydrogens (tertiary/aromatic N) is 1. The van der Waals surface area contributed by atoms with E-state index in [4.69, 9.17) is 9.47 Å². The van der Waals surface area contributed by atoms with Gasteiger partial charge in [-0.05, 0) is 34.6 Å². The molecule has 0 aromatic heterocycles. The number of carboxylic acid groups (broad SMARTS) is 1. The van der Waals surface area contributed by atoms with Crippen LogP contribution in [0.1, 0.15) is 65.9 Å². The summed E-state index contributed by atoms with van der Waals surface area (Å²) in [4.78, 5) is 79.1. The molecule has 13 heteroatoms. The third kappa shape index (κ3) is 9.12. The maximum atomic E-state index is 15.1. The third-order valence-electron chi connectivity index (χ3n) is 8.61. The Hall–Kier alpha value is -4.12. The van der Waals surface area contributed by atoms with Crippen LogP contribution in [0.25, 0.3) is 11.1 Å². The van der Waals surface area contributed by atoms with Crippen LogP contribution in [0, 0.1) is 17.3 Å². The number of aliphatic imine (C=N–C) groups is 1. The van der Waals surface area contributed by atoms with Crippen LogP contribution in [0.15, 0.2) is 71.7 Å². The minimum absolute atomic E-state index is 0.0841. The molecule has 1 amide bonds. The molecule has 0 spiro atoms. The number of ether oxygens (including phenoxy) is 2. The van der Waals surface area contributed by atoms with Crippen LogP contribution in [0.5, 0.6) is 0 Å². The van der Waals surface area contributed by atoms with Crippen LogP contribution >= 0.6 is 7.60 Å².